The fourth-order valence-electron chi connectivity index (χ4n) is 1.76. The molecule has 0 N–H and O–H groups in total. The summed E-state index contributed by atoms with van der Waals surface area (Å²) < 4.78 is 58.8. The van der Waals surface area contributed by atoms with Gasteiger partial charge in [0.05, 0.1) is 11.6 Å². The fraction of sp³-hybridized carbons (Fsp3) is 0.143. The van der Waals surface area contributed by atoms with Crippen LogP contribution in [0.2, 0.25) is 0 Å². The Hall–Kier alpha value is -1.76. The van der Waals surface area contributed by atoms with E-state index in [4.69, 9.17) is 4.74 Å². The number of hydrogen-bond acceptors (Lipinski definition) is 2. The minimum atomic E-state index is -4.74. The van der Waals surface area contributed by atoms with Crippen LogP contribution in [0.4, 0.5) is 17.6 Å². The zero-order chi connectivity index (χ0) is 15.6. The van der Waals surface area contributed by atoms with Crippen LogP contribution >= 0.6 is 15.9 Å². The van der Waals surface area contributed by atoms with Crippen molar-refractivity contribution < 1.29 is 27.0 Å². The van der Waals surface area contributed by atoms with Crippen LogP contribution in [0, 0.1) is 5.82 Å². The van der Waals surface area contributed by atoms with Crippen LogP contribution in [-0.4, -0.2) is 13.5 Å². The first kappa shape index (κ1) is 15.6. The number of benzene rings is 2. The molecule has 0 radical (unpaired) electrons. The molecule has 0 aromatic heterocycles. The Bertz CT molecular complexity index is 639. The molecule has 2 nitrogen and oxygen atoms in total. The molecule has 2 aromatic rings. The van der Waals surface area contributed by atoms with Gasteiger partial charge in [0, 0.05) is 11.6 Å². The molecule has 21 heavy (non-hydrogen) atoms. The van der Waals surface area contributed by atoms with Crippen LogP contribution in [0.15, 0.2) is 40.9 Å². The minimum absolute atomic E-state index is 0.230. The Labute approximate surface area is 126 Å². The third-order valence-corrected chi connectivity index (χ3v) is 3.25. The number of hydrogen-bond donors (Lipinski definition) is 0. The quantitative estimate of drug-likeness (QED) is 0.700. The lowest BCUT2D eigenvalue weighted by molar-refractivity contribution is -0.274. The van der Waals surface area contributed by atoms with Gasteiger partial charge in [0.15, 0.2) is 0 Å². The predicted octanol–water partition coefficient (Wildman–Crippen LogP) is 5.16. The molecule has 0 heterocycles. The molecule has 0 spiro atoms. The van der Waals surface area contributed by atoms with Crippen molar-refractivity contribution in [3.8, 4) is 22.6 Å². The highest BCUT2D eigenvalue weighted by molar-refractivity contribution is 9.10. The molecule has 0 bridgehead atoms. The topological polar surface area (TPSA) is 18.5 Å². The molecule has 112 valence electrons. The van der Waals surface area contributed by atoms with Gasteiger partial charge in [0.2, 0.25) is 0 Å². The zero-order valence-electron chi connectivity index (χ0n) is 10.7. The van der Waals surface area contributed by atoms with Crippen molar-refractivity contribution in [1.29, 1.82) is 0 Å². The minimum Gasteiger partial charge on any atom is -0.496 e. The van der Waals surface area contributed by atoms with Crippen LogP contribution in [0.1, 0.15) is 0 Å². The lowest BCUT2D eigenvalue weighted by Crippen LogP contribution is -2.16. The van der Waals surface area contributed by atoms with Crippen molar-refractivity contribution >= 4 is 15.9 Å². The smallest absolute Gasteiger partial charge is 0.496 e. The van der Waals surface area contributed by atoms with Crippen LogP contribution in [0.3, 0.4) is 0 Å². The summed E-state index contributed by atoms with van der Waals surface area (Å²) in [6.07, 6.45) is -4.74. The predicted molar refractivity (Wildman–Crippen MR) is 72.8 cm³/mol. The average Bonchev–Trinajstić information content (AvgIpc) is 2.40. The molecule has 0 aliphatic carbocycles. The van der Waals surface area contributed by atoms with Gasteiger partial charge in [-0.15, -0.1) is 13.2 Å². The molecule has 0 amide bonds. The van der Waals surface area contributed by atoms with Crippen LogP contribution in [0.25, 0.3) is 11.1 Å². The van der Waals surface area contributed by atoms with Gasteiger partial charge in [-0.3, -0.25) is 0 Å². The zero-order valence-corrected chi connectivity index (χ0v) is 12.3. The molecule has 2 rings (SSSR count). The summed E-state index contributed by atoms with van der Waals surface area (Å²) in [4.78, 5) is 0. The first-order chi connectivity index (χ1) is 9.80. The van der Waals surface area contributed by atoms with Crippen molar-refractivity contribution in [2.45, 2.75) is 6.36 Å². The average molecular weight is 365 g/mol. The highest BCUT2D eigenvalue weighted by Gasteiger charge is 2.31. The fourth-order valence-corrected chi connectivity index (χ4v) is 2.10. The molecule has 2 aromatic carbocycles. The summed E-state index contributed by atoms with van der Waals surface area (Å²) >= 11 is 3.06. The Morgan fingerprint density at radius 3 is 2.19 bits per heavy atom. The van der Waals surface area contributed by atoms with E-state index in [0.717, 1.165) is 0 Å². The molecule has 0 aliphatic heterocycles. The van der Waals surface area contributed by atoms with E-state index in [-0.39, 0.29) is 16.0 Å². The second kappa shape index (κ2) is 5.93. The van der Waals surface area contributed by atoms with E-state index >= 15 is 0 Å². The van der Waals surface area contributed by atoms with Gasteiger partial charge < -0.3 is 9.47 Å². The van der Waals surface area contributed by atoms with Crippen molar-refractivity contribution in [3.63, 3.8) is 0 Å². The number of rotatable bonds is 3. The van der Waals surface area contributed by atoms with Gasteiger partial charge in [-0.1, -0.05) is 12.1 Å². The summed E-state index contributed by atoms with van der Waals surface area (Å²) in [5.74, 6) is -0.542. The monoisotopic (exact) mass is 364 g/mol. The maximum Gasteiger partial charge on any atom is 0.573 e. The standard InChI is InChI=1S/C14H9BrF4O2/c1-20-13-7-12(16)11(15)6-10(13)8-2-4-9(5-3-8)21-14(17,18)19/h2-7H,1H3. The number of ether oxygens (including phenoxy) is 2. The molecule has 0 saturated carbocycles. The first-order valence-electron chi connectivity index (χ1n) is 5.69. The van der Waals surface area contributed by atoms with Gasteiger partial charge in [-0.05, 0) is 39.7 Å². The van der Waals surface area contributed by atoms with Crippen LogP contribution in [0.5, 0.6) is 11.5 Å². The molecular weight excluding hydrogens is 356 g/mol. The maximum atomic E-state index is 13.4. The third-order valence-electron chi connectivity index (χ3n) is 2.64. The van der Waals surface area contributed by atoms with Crippen LogP contribution < -0.4 is 9.47 Å². The lowest BCUT2D eigenvalue weighted by Gasteiger charge is -2.12. The lowest BCUT2D eigenvalue weighted by atomic mass is 10.0. The summed E-state index contributed by atoms with van der Waals surface area (Å²) in [7, 11) is 1.38. The van der Waals surface area contributed by atoms with E-state index in [1.165, 1.54) is 43.5 Å². The largest absolute Gasteiger partial charge is 0.573 e. The second-order valence-electron chi connectivity index (χ2n) is 4.04. The van der Waals surface area contributed by atoms with E-state index < -0.39 is 12.2 Å². The van der Waals surface area contributed by atoms with E-state index in [9.17, 15) is 17.6 Å². The van der Waals surface area contributed by atoms with Gasteiger partial charge in [-0.25, -0.2) is 4.39 Å². The Balaban J connectivity index is 2.37. The number of methoxy groups -OCH3 is 1. The molecule has 0 aliphatic rings. The van der Waals surface area contributed by atoms with Gasteiger partial charge in [0.1, 0.15) is 17.3 Å². The molecule has 0 atom stereocenters. The summed E-state index contributed by atoms with van der Waals surface area (Å²) in [6.45, 7) is 0. The van der Waals surface area contributed by atoms with Crippen molar-refractivity contribution in [3.05, 3.63) is 46.7 Å². The Morgan fingerprint density at radius 2 is 1.67 bits per heavy atom. The van der Waals surface area contributed by atoms with E-state index in [1.54, 1.807) is 0 Å². The number of halogens is 5. The van der Waals surface area contributed by atoms with Crippen molar-refractivity contribution in [1.82, 2.24) is 0 Å². The molecule has 0 unspecified atom stereocenters. The first-order valence-corrected chi connectivity index (χ1v) is 6.48. The van der Waals surface area contributed by atoms with Gasteiger partial charge in [-0.2, -0.15) is 0 Å². The van der Waals surface area contributed by atoms with Crippen molar-refractivity contribution in [2.24, 2.45) is 0 Å². The third kappa shape index (κ3) is 3.87. The summed E-state index contributed by atoms with van der Waals surface area (Å²) in [5, 5.41) is 0. The van der Waals surface area contributed by atoms with Gasteiger partial charge >= 0.3 is 6.36 Å². The Kier molecular flexibility index (Phi) is 4.41. The maximum absolute atomic E-state index is 13.4. The van der Waals surface area contributed by atoms with Crippen molar-refractivity contribution in [2.75, 3.05) is 7.11 Å². The summed E-state index contributed by atoms with van der Waals surface area (Å²) in [6, 6.07) is 7.92. The molecule has 0 saturated heterocycles. The van der Waals surface area contributed by atoms with E-state index in [0.29, 0.717) is 11.1 Å². The molecule has 0 fully saturated rings. The number of alkyl halides is 3. The van der Waals surface area contributed by atoms with Crippen LogP contribution in [-0.2, 0) is 0 Å². The van der Waals surface area contributed by atoms with E-state index in [1.807, 2.05) is 0 Å². The highest BCUT2D eigenvalue weighted by Crippen LogP contribution is 2.35. The summed E-state index contributed by atoms with van der Waals surface area (Å²) in [5.41, 5.74) is 1.12. The van der Waals surface area contributed by atoms with Gasteiger partial charge in [0.25, 0.3) is 0 Å². The molecular formula is C14H9BrF4O2. The highest BCUT2D eigenvalue weighted by atomic mass is 79.9. The second-order valence-corrected chi connectivity index (χ2v) is 4.89. The molecule has 7 heteroatoms. The Morgan fingerprint density at radius 1 is 1.05 bits per heavy atom. The SMILES string of the molecule is COc1cc(F)c(Br)cc1-c1ccc(OC(F)(F)F)cc1. The normalized spacial score (nSPS) is 11.3. The van der Waals surface area contributed by atoms with E-state index in [2.05, 4.69) is 20.7 Å².